The van der Waals surface area contributed by atoms with Crippen molar-refractivity contribution in [3.8, 4) is 0 Å². The SMILES string of the molecule is CC(Cc1ccc(Cl)cc1)NCc1cnn2ccccc12. The van der Waals surface area contributed by atoms with E-state index in [0.717, 1.165) is 23.5 Å². The summed E-state index contributed by atoms with van der Waals surface area (Å²) in [5.41, 5.74) is 3.67. The van der Waals surface area contributed by atoms with E-state index in [2.05, 4.69) is 35.5 Å². The van der Waals surface area contributed by atoms with Crippen molar-refractivity contribution in [2.24, 2.45) is 0 Å². The molecule has 0 saturated heterocycles. The summed E-state index contributed by atoms with van der Waals surface area (Å²) in [6.07, 6.45) is 4.88. The quantitative estimate of drug-likeness (QED) is 0.778. The summed E-state index contributed by atoms with van der Waals surface area (Å²) >= 11 is 5.91. The van der Waals surface area contributed by atoms with Gasteiger partial charge in [-0.25, -0.2) is 4.52 Å². The van der Waals surface area contributed by atoms with Crippen LogP contribution in [0.5, 0.6) is 0 Å². The number of nitrogens with zero attached hydrogens (tertiary/aromatic N) is 2. The smallest absolute Gasteiger partial charge is 0.0706 e. The van der Waals surface area contributed by atoms with E-state index < -0.39 is 0 Å². The van der Waals surface area contributed by atoms with Gasteiger partial charge in [-0.15, -0.1) is 0 Å². The van der Waals surface area contributed by atoms with E-state index in [1.165, 1.54) is 11.1 Å². The summed E-state index contributed by atoms with van der Waals surface area (Å²) in [6.45, 7) is 3.02. The third-order valence-electron chi connectivity index (χ3n) is 3.60. The Morgan fingerprint density at radius 2 is 2.00 bits per heavy atom. The molecule has 0 fully saturated rings. The van der Waals surface area contributed by atoms with Gasteiger partial charge < -0.3 is 5.32 Å². The zero-order valence-corrected chi connectivity index (χ0v) is 12.7. The minimum absolute atomic E-state index is 0.393. The summed E-state index contributed by atoms with van der Waals surface area (Å²) in [4.78, 5) is 0. The lowest BCUT2D eigenvalue weighted by molar-refractivity contribution is 0.547. The molecule has 1 atom stereocenters. The first-order chi connectivity index (χ1) is 10.2. The molecule has 0 aliphatic heterocycles. The number of fused-ring (bicyclic) bond motifs is 1. The van der Waals surface area contributed by atoms with Gasteiger partial charge in [0.05, 0.1) is 11.7 Å². The molecule has 0 aliphatic carbocycles. The number of hydrogen-bond acceptors (Lipinski definition) is 2. The van der Waals surface area contributed by atoms with Crippen molar-refractivity contribution in [2.75, 3.05) is 0 Å². The number of pyridine rings is 1. The van der Waals surface area contributed by atoms with E-state index in [9.17, 15) is 0 Å². The molecule has 0 aliphatic rings. The molecule has 4 heteroatoms. The maximum Gasteiger partial charge on any atom is 0.0706 e. The number of halogens is 1. The lowest BCUT2D eigenvalue weighted by Crippen LogP contribution is -2.27. The lowest BCUT2D eigenvalue weighted by Gasteiger charge is -2.13. The standard InChI is InChI=1S/C17H18ClN3/c1-13(10-14-5-7-16(18)8-6-14)19-11-15-12-20-21-9-3-2-4-17(15)21/h2-9,12-13,19H,10-11H2,1H3. The van der Waals surface area contributed by atoms with Gasteiger partial charge in [-0.3, -0.25) is 0 Å². The van der Waals surface area contributed by atoms with Gasteiger partial charge >= 0.3 is 0 Å². The third-order valence-corrected chi connectivity index (χ3v) is 3.85. The zero-order chi connectivity index (χ0) is 14.7. The fourth-order valence-electron chi connectivity index (χ4n) is 2.45. The van der Waals surface area contributed by atoms with E-state index >= 15 is 0 Å². The molecule has 1 aromatic carbocycles. The topological polar surface area (TPSA) is 29.3 Å². The van der Waals surface area contributed by atoms with Crippen LogP contribution in [0.15, 0.2) is 54.9 Å². The second-order valence-corrected chi connectivity index (χ2v) is 5.75. The van der Waals surface area contributed by atoms with Gasteiger partial charge in [0, 0.05) is 29.4 Å². The fraction of sp³-hybridized carbons (Fsp3) is 0.235. The monoisotopic (exact) mass is 299 g/mol. The number of benzene rings is 1. The van der Waals surface area contributed by atoms with Gasteiger partial charge in [0.1, 0.15) is 0 Å². The van der Waals surface area contributed by atoms with Crippen LogP contribution in [0.4, 0.5) is 0 Å². The fourth-order valence-corrected chi connectivity index (χ4v) is 2.58. The second kappa shape index (κ2) is 6.29. The van der Waals surface area contributed by atoms with E-state index in [1.807, 2.05) is 41.2 Å². The molecule has 3 rings (SSSR count). The number of aromatic nitrogens is 2. The number of nitrogens with one attached hydrogen (secondary N) is 1. The van der Waals surface area contributed by atoms with E-state index in [-0.39, 0.29) is 0 Å². The van der Waals surface area contributed by atoms with E-state index in [1.54, 1.807) is 0 Å². The lowest BCUT2D eigenvalue weighted by atomic mass is 10.1. The zero-order valence-electron chi connectivity index (χ0n) is 12.0. The van der Waals surface area contributed by atoms with Crippen LogP contribution >= 0.6 is 11.6 Å². The van der Waals surface area contributed by atoms with Gasteiger partial charge in [0.25, 0.3) is 0 Å². The van der Waals surface area contributed by atoms with Gasteiger partial charge in [0.15, 0.2) is 0 Å². The van der Waals surface area contributed by atoms with Crippen LogP contribution in [0, 0.1) is 0 Å². The highest BCUT2D eigenvalue weighted by Gasteiger charge is 2.06. The van der Waals surface area contributed by atoms with Crippen molar-refractivity contribution < 1.29 is 0 Å². The summed E-state index contributed by atoms with van der Waals surface area (Å²) in [7, 11) is 0. The molecule has 0 saturated carbocycles. The minimum Gasteiger partial charge on any atom is -0.310 e. The average molecular weight is 300 g/mol. The van der Waals surface area contributed by atoms with Crippen LogP contribution in [0.2, 0.25) is 5.02 Å². The minimum atomic E-state index is 0.393. The molecule has 0 radical (unpaired) electrons. The summed E-state index contributed by atoms with van der Waals surface area (Å²) in [6, 6.07) is 14.5. The van der Waals surface area contributed by atoms with Crippen molar-refractivity contribution in [2.45, 2.75) is 25.9 Å². The van der Waals surface area contributed by atoms with Crippen LogP contribution in [0.25, 0.3) is 5.52 Å². The Morgan fingerprint density at radius 1 is 1.19 bits per heavy atom. The first-order valence-corrected chi connectivity index (χ1v) is 7.49. The molecule has 1 unspecified atom stereocenters. The highest BCUT2D eigenvalue weighted by Crippen LogP contribution is 2.12. The van der Waals surface area contributed by atoms with Crippen molar-refractivity contribution >= 4 is 17.1 Å². The van der Waals surface area contributed by atoms with Gasteiger partial charge in [0.2, 0.25) is 0 Å². The molecule has 1 N–H and O–H groups in total. The number of rotatable bonds is 5. The van der Waals surface area contributed by atoms with Crippen molar-refractivity contribution in [3.05, 3.63) is 71.0 Å². The van der Waals surface area contributed by atoms with Crippen molar-refractivity contribution in [1.29, 1.82) is 0 Å². The molecule has 0 spiro atoms. The highest BCUT2D eigenvalue weighted by atomic mass is 35.5. The first kappa shape index (κ1) is 14.1. The largest absolute Gasteiger partial charge is 0.310 e. The summed E-state index contributed by atoms with van der Waals surface area (Å²) in [5.74, 6) is 0. The summed E-state index contributed by atoms with van der Waals surface area (Å²) in [5, 5.41) is 8.69. The Hall–Kier alpha value is -1.84. The van der Waals surface area contributed by atoms with Crippen LogP contribution in [-0.4, -0.2) is 15.7 Å². The van der Waals surface area contributed by atoms with Crippen LogP contribution in [-0.2, 0) is 13.0 Å². The normalized spacial score (nSPS) is 12.7. The molecule has 0 bridgehead atoms. The second-order valence-electron chi connectivity index (χ2n) is 5.31. The molecule has 3 aromatic rings. The predicted octanol–water partition coefficient (Wildman–Crippen LogP) is 3.71. The first-order valence-electron chi connectivity index (χ1n) is 7.11. The van der Waals surface area contributed by atoms with Crippen LogP contribution < -0.4 is 5.32 Å². The molecule has 0 amide bonds. The Kier molecular flexibility index (Phi) is 4.23. The molecule has 21 heavy (non-hydrogen) atoms. The Labute approximate surface area is 129 Å². The maximum atomic E-state index is 5.91. The molecule has 108 valence electrons. The Balaban J connectivity index is 1.60. The van der Waals surface area contributed by atoms with E-state index in [0.29, 0.717) is 6.04 Å². The number of hydrogen-bond donors (Lipinski definition) is 1. The average Bonchev–Trinajstić information content (AvgIpc) is 2.91. The summed E-state index contributed by atoms with van der Waals surface area (Å²) < 4.78 is 1.90. The van der Waals surface area contributed by atoms with Crippen molar-refractivity contribution in [1.82, 2.24) is 14.9 Å². The Bertz CT molecular complexity index is 718. The maximum absolute atomic E-state index is 5.91. The van der Waals surface area contributed by atoms with Gasteiger partial charge in [-0.2, -0.15) is 5.10 Å². The molecular formula is C17H18ClN3. The van der Waals surface area contributed by atoms with Crippen LogP contribution in [0.3, 0.4) is 0 Å². The molecule has 2 heterocycles. The molecule has 3 nitrogen and oxygen atoms in total. The van der Waals surface area contributed by atoms with Gasteiger partial charge in [-0.1, -0.05) is 29.8 Å². The Morgan fingerprint density at radius 3 is 2.81 bits per heavy atom. The van der Waals surface area contributed by atoms with E-state index in [4.69, 9.17) is 11.6 Å². The predicted molar refractivity (Wildman–Crippen MR) is 86.6 cm³/mol. The molecular weight excluding hydrogens is 282 g/mol. The van der Waals surface area contributed by atoms with Crippen molar-refractivity contribution in [3.63, 3.8) is 0 Å². The van der Waals surface area contributed by atoms with Crippen LogP contribution in [0.1, 0.15) is 18.1 Å². The third kappa shape index (κ3) is 3.43. The molecule has 2 aromatic heterocycles. The highest BCUT2D eigenvalue weighted by molar-refractivity contribution is 6.30. The van der Waals surface area contributed by atoms with Gasteiger partial charge in [-0.05, 0) is 43.2 Å².